The van der Waals surface area contributed by atoms with E-state index in [4.69, 9.17) is 4.74 Å². The van der Waals surface area contributed by atoms with Gasteiger partial charge < -0.3 is 14.6 Å². The number of nitrogens with one attached hydrogen (secondary N) is 2. The Labute approximate surface area is 186 Å². The Kier molecular flexibility index (Phi) is 5.73. The molecular formula is C22H19N7O4. The molecule has 0 atom stereocenters. The van der Waals surface area contributed by atoms with Gasteiger partial charge in [0.05, 0.1) is 13.3 Å². The van der Waals surface area contributed by atoms with Crippen molar-refractivity contribution in [3.05, 3.63) is 74.7 Å². The molecular weight excluding hydrogens is 426 g/mol. The fourth-order valence-corrected chi connectivity index (χ4v) is 3.41. The van der Waals surface area contributed by atoms with Crippen molar-refractivity contribution in [3.63, 3.8) is 0 Å². The van der Waals surface area contributed by atoms with Crippen LogP contribution in [0.3, 0.4) is 0 Å². The van der Waals surface area contributed by atoms with Crippen LogP contribution in [0.2, 0.25) is 0 Å². The molecule has 0 fully saturated rings. The monoisotopic (exact) mass is 445 g/mol. The van der Waals surface area contributed by atoms with Gasteiger partial charge in [-0.15, -0.1) is 0 Å². The number of methoxy groups -OCH3 is 1. The van der Waals surface area contributed by atoms with Crippen LogP contribution >= 0.6 is 0 Å². The van der Waals surface area contributed by atoms with Gasteiger partial charge in [0.2, 0.25) is 5.91 Å². The number of nitriles is 1. The van der Waals surface area contributed by atoms with Crippen molar-refractivity contribution in [2.75, 3.05) is 12.4 Å². The van der Waals surface area contributed by atoms with Crippen molar-refractivity contribution in [1.29, 1.82) is 5.26 Å². The smallest absolute Gasteiger partial charge is 0.328 e. The average molecular weight is 445 g/mol. The number of ether oxygens (including phenoxy) is 1. The quantitative estimate of drug-likeness (QED) is 0.457. The van der Waals surface area contributed by atoms with Crippen molar-refractivity contribution < 1.29 is 9.53 Å². The summed E-state index contributed by atoms with van der Waals surface area (Å²) in [7, 11) is 1.56. The first-order valence-electron chi connectivity index (χ1n) is 9.93. The molecule has 0 unspecified atom stereocenters. The number of H-pyrrole nitrogens is 1. The van der Waals surface area contributed by atoms with Crippen LogP contribution in [0.15, 0.2) is 52.3 Å². The number of carbonyl (C=O) groups excluding carboxylic acids is 1. The molecule has 3 aromatic heterocycles. The number of aryl methyl sites for hydroxylation is 2. The first kappa shape index (κ1) is 21.5. The van der Waals surface area contributed by atoms with Crippen LogP contribution in [0.1, 0.15) is 17.5 Å². The van der Waals surface area contributed by atoms with E-state index < -0.39 is 17.2 Å². The SMILES string of the molecule is COc1cccc2c(C)cc(-n3ncc(C#N)c3NC(=O)CCn3ccc(=O)[nH]c3=O)nc12. The molecule has 0 saturated carbocycles. The Balaban J connectivity index is 1.65. The zero-order valence-electron chi connectivity index (χ0n) is 17.8. The highest BCUT2D eigenvalue weighted by atomic mass is 16.5. The second-order valence-corrected chi connectivity index (χ2v) is 7.19. The number of hydrogen-bond acceptors (Lipinski definition) is 7. The molecule has 0 bridgehead atoms. The van der Waals surface area contributed by atoms with E-state index in [0.717, 1.165) is 10.9 Å². The third-order valence-corrected chi connectivity index (χ3v) is 5.06. The number of benzene rings is 1. The highest BCUT2D eigenvalue weighted by Crippen LogP contribution is 2.29. The summed E-state index contributed by atoms with van der Waals surface area (Å²) in [6.45, 7) is 1.96. The van der Waals surface area contributed by atoms with E-state index in [9.17, 15) is 19.6 Å². The van der Waals surface area contributed by atoms with Gasteiger partial charge in [-0.25, -0.2) is 9.78 Å². The summed E-state index contributed by atoms with van der Waals surface area (Å²) in [5, 5.41) is 17.3. The summed E-state index contributed by atoms with van der Waals surface area (Å²) in [6.07, 6.45) is 2.58. The number of amides is 1. The van der Waals surface area contributed by atoms with Crippen molar-refractivity contribution in [2.45, 2.75) is 19.9 Å². The van der Waals surface area contributed by atoms with Crippen LogP contribution in [-0.2, 0) is 11.3 Å². The minimum absolute atomic E-state index is 0.0437. The molecule has 4 aromatic rings. The number of para-hydroxylation sites is 1. The molecule has 1 aromatic carbocycles. The van der Waals surface area contributed by atoms with Gasteiger partial charge in [0, 0.05) is 30.6 Å². The minimum Gasteiger partial charge on any atom is -0.494 e. The van der Waals surface area contributed by atoms with Crippen molar-refractivity contribution in [1.82, 2.24) is 24.3 Å². The summed E-state index contributed by atoms with van der Waals surface area (Å²) in [5.41, 5.74) is 0.571. The van der Waals surface area contributed by atoms with Crippen LogP contribution in [-0.4, -0.2) is 37.3 Å². The third-order valence-electron chi connectivity index (χ3n) is 5.06. The predicted octanol–water partition coefficient (Wildman–Crippen LogP) is 1.49. The molecule has 166 valence electrons. The molecule has 33 heavy (non-hydrogen) atoms. The molecule has 0 spiro atoms. The highest BCUT2D eigenvalue weighted by molar-refractivity contribution is 5.92. The lowest BCUT2D eigenvalue weighted by Crippen LogP contribution is -2.30. The van der Waals surface area contributed by atoms with E-state index in [0.29, 0.717) is 17.1 Å². The van der Waals surface area contributed by atoms with Gasteiger partial charge in [-0.3, -0.25) is 14.6 Å². The van der Waals surface area contributed by atoms with Gasteiger partial charge >= 0.3 is 5.69 Å². The first-order valence-corrected chi connectivity index (χ1v) is 9.93. The maximum atomic E-state index is 12.6. The Morgan fingerprint density at radius 3 is 2.85 bits per heavy atom. The lowest BCUT2D eigenvalue weighted by molar-refractivity contribution is -0.116. The molecule has 0 radical (unpaired) electrons. The summed E-state index contributed by atoms with van der Waals surface area (Å²) >= 11 is 0. The largest absolute Gasteiger partial charge is 0.494 e. The number of rotatable bonds is 6. The van der Waals surface area contributed by atoms with Gasteiger partial charge in [0.1, 0.15) is 22.9 Å². The fourth-order valence-electron chi connectivity index (χ4n) is 3.41. The number of carbonyl (C=O) groups is 1. The number of fused-ring (bicyclic) bond motifs is 1. The number of pyridine rings is 1. The Morgan fingerprint density at radius 2 is 2.12 bits per heavy atom. The summed E-state index contributed by atoms with van der Waals surface area (Å²) in [5.74, 6) is 0.708. The Morgan fingerprint density at radius 1 is 1.30 bits per heavy atom. The first-order chi connectivity index (χ1) is 15.9. The number of hydrogen-bond donors (Lipinski definition) is 2. The van der Waals surface area contributed by atoms with Crippen molar-refractivity contribution in [2.24, 2.45) is 0 Å². The van der Waals surface area contributed by atoms with Crippen molar-refractivity contribution >= 4 is 22.6 Å². The van der Waals surface area contributed by atoms with Crippen LogP contribution in [0, 0.1) is 18.3 Å². The van der Waals surface area contributed by atoms with Gasteiger partial charge in [0.15, 0.2) is 11.6 Å². The molecule has 2 N–H and O–H groups in total. The van der Waals surface area contributed by atoms with Crippen LogP contribution in [0.5, 0.6) is 5.75 Å². The molecule has 0 aliphatic carbocycles. The standard InChI is InChI=1S/C22H19N7O4/c1-13-10-17(25-20-15(13)4-3-5-16(20)33-2)29-21(14(11-23)12-24-29)26-18(30)6-8-28-9-7-19(31)27-22(28)32/h3-5,7,9-10,12H,6,8H2,1-2H3,(H,26,30)(H,27,31,32). The Hall–Kier alpha value is -4.72. The molecule has 0 aliphatic rings. The molecule has 1 amide bonds. The van der Waals surface area contributed by atoms with E-state index in [1.165, 1.54) is 27.7 Å². The number of anilines is 1. The molecule has 3 heterocycles. The Bertz CT molecular complexity index is 1520. The normalized spacial score (nSPS) is 10.7. The van der Waals surface area contributed by atoms with E-state index in [-0.39, 0.29) is 24.3 Å². The number of aromatic nitrogens is 5. The molecule has 11 heteroatoms. The second kappa shape index (κ2) is 8.80. The summed E-state index contributed by atoms with van der Waals surface area (Å²) < 4.78 is 8.01. The summed E-state index contributed by atoms with van der Waals surface area (Å²) in [4.78, 5) is 42.4. The average Bonchev–Trinajstić information content (AvgIpc) is 3.20. The van der Waals surface area contributed by atoms with Crippen LogP contribution in [0.4, 0.5) is 5.82 Å². The highest BCUT2D eigenvalue weighted by Gasteiger charge is 2.18. The molecule has 0 aliphatic heterocycles. The topological polar surface area (TPSA) is 148 Å². The number of nitrogens with zero attached hydrogens (tertiary/aromatic N) is 5. The molecule has 11 nitrogen and oxygen atoms in total. The van der Waals surface area contributed by atoms with Gasteiger partial charge in [0.25, 0.3) is 5.56 Å². The molecule has 0 saturated heterocycles. The second-order valence-electron chi connectivity index (χ2n) is 7.19. The third kappa shape index (κ3) is 4.22. The zero-order chi connectivity index (χ0) is 23.5. The van der Waals surface area contributed by atoms with Gasteiger partial charge in [-0.05, 0) is 24.6 Å². The fraction of sp³-hybridized carbons (Fsp3) is 0.182. The maximum Gasteiger partial charge on any atom is 0.328 e. The van der Waals surface area contributed by atoms with E-state index >= 15 is 0 Å². The van der Waals surface area contributed by atoms with Crippen molar-refractivity contribution in [3.8, 4) is 17.6 Å². The lowest BCUT2D eigenvalue weighted by atomic mass is 10.1. The maximum absolute atomic E-state index is 12.6. The van der Waals surface area contributed by atoms with E-state index in [1.807, 2.05) is 25.1 Å². The lowest BCUT2D eigenvalue weighted by Gasteiger charge is -2.12. The number of aromatic amines is 1. The summed E-state index contributed by atoms with van der Waals surface area (Å²) in [6, 6.07) is 10.6. The predicted molar refractivity (Wildman–Crippen MR) is 119 cm³/mol. The van der Waals surface area contributed by atoms with E-state index in [1.54, 1.807) is 19.2 Å². The minimum atomic E-state index is -0.608. The van der Waals surface area contributed by atoms with Gasteiger partial charge in [-0.2, -0.15) is 15.0 Å². The van der Waals surface area contributed by atoms with Crippen LogP contribution < -0.4 is 21.3 Å². The van der Waals surface area contributed by atoms with Crippen LogP contribution in [0.25, 0.3) is 16.7 Å². The zero-order valence-corrected chi connectivity index (χ0v) is 17.8. The molecule has 4 rings (SSSR count). The van der Waals surface area contributed by atoms with Gasteiger partial charge in [-0.1, -0.05) is 12.1 Å². The van der Waals surface area contributed by atoms with E-state index in [2.05, 4.69) is 20.4 Å².